The highest BCUT2D eigenvalue weighted by atomic mass is 16.3. The Morgan fingerprint density at radius 1 is 0.824 bits per heavy atom. The molecule has 0 saturated heterocycles. The summed E-state index contributed by atoms with van der Waals surface area (Å²) < 4.78 is 5.95. The van der Waals surface area contributed by atoms with Gasteiger partial charge in [0.1, 0.15) is 0 Å². The lowest BCUT2D eigenvalue weighted by Gasteiger charge is -1.96. The second kappa shape index (κ2) is 8.27. The molecule has 0 aliphatic heterocycles. The molecule has 96 valence electrons. The topological polar surface area (TPSA) is 11.3 Å². The van der Waals surface area contributed by atoms with E-state index in [4.69, 9.17) is 4.42 Å². The summed E-state index contributed by atoms with van der Waals surface area (Å²) in [5.74, 6) is 2.34. The summed E-state index contributed by atoms with van der Waals surface area (Å²) in [7, 11) is 0. The molecule has 17 heavy (non-hydrogen) atoms. The van der Waals surface area contributed by atoms with Gasteiger partial charge in [-0.1, -0.05) is 39.5 Å². The molecule has 1 heterocycles. The van der Waals surface area contributed by atoms with Crippen LogP contribution >= 0.6 is 0 Å². The number of hydrogen-bond donors (Lipinski definition) is 0. The summed E-state index contributed by atoms with van der Waals surface area (Å²) in [6, 6.07) is 4.39. The molecule has 0 aromatic carbocycles. The molecule has 0 aliphatic carbocycles. The zero-order chi connectivity index (χ0) is 12.5. The van der Waals surface area contributed by atoms with Crippen molar-refractivity contribution in [2.45, 2.75) is 72.1 Å². The summed E-state index contributed by atoms with van der Waals surface area (Å²) in [5, 5.41) is 0. The van der Waals surface area contributed by atoms with Gasteiger partial charge in [0, 0.05) is 12.1 Å². The van der Waals surface area contributed by atoms with Gasteiger partial charge in [0.25, 0.3) is 0 Å². The molecule has 0 bridgehead atoms. The van der Waals surface area contributed by atoms with Crippen LogP contribution in [-0.2, 0) is 12.8 Å². The maximum atomic E-state index is 5.95. The first-order valence-corrected chi connectivity index (χ1v) is 7.18. The maximum absolute atomic E-state index is 5.95. The van der Waals surface area contributed by atoms with E-state index in [-0.39, 0.29) is 0 Å². The van der Waals surface area contributed by atoms with Gasteiger partial charge < -0.3 is 0 Å². The third-order valence-electron chi connectivity index (χ3n) is 3.09. The van der Waals surface area contributed by atoms with Crippen molar-refractivity contribution in [1.29, 1.82) is 0 Å². The van der Waals surface area contributed by atoms with Crippen molar-refractivity contribution in [2.24, 2.45) is 0 Å². The zero-order valence-corrected chi connectivity index (χ0v) is 11.7. The molecule has 0 saturated carbocycles. The lowest BCUT2D eigenvalue weighted by Crippen LogP contribution is -1.92. The van der Waals surface area contributed by atoms with Crippen molar-refractivity contribution in [3.8, 4) is 0 Å². The molecule has 0 N–H and O–H groups in total. The Balaban J connectivity index is 2.53. The molecule has 1 heteroatoms. The SMILES string of the molecule is CCCCCc1cc(C)cc(CCCCC)[o+]1. The highest BCUT2D eigenvalue weighted by Crippen LogP contribution is 2.15. The minimum absolute atomic E-state index is 1.09. The van der Waals surface area contributed by atoms with Crippen molar-refractivity contribution >= 4 is 0 Å². The molecule has 1 nitrogen and oxygen atoms in total. The zero-order valence-electron chi connectivity index (χ0n) is 11.7. The summed E-state index contributed by atoms with van der Waals surface area (Å²) in [6.07, 6.45) is 9.83. The molecule has 1 aromatic rings. The third kappa shape index (κ3) is 5.86. The Morgan fingerprint density at radius 2 is 1.29 bits per heavy atom. The van der Waals surface area contributed by atoms with Gasteiger partial charge in [0.2, 0.25) is 0 Å². The van der Waals surface area contributed by atoms with E-state index < -0.39 is 0 Å². The van der Waals surface area contributed by atoms with Crippen LogP contribution in [0.1, 0.15) is 69.5 Å². The maximum Gasteiger partial charge on any atom is 0.329 e. The number of aryl methyl sites for hydroxylation is 3. The van der Waals surface area contributed by atoms with Crippen molar-refractivity contribution in [3.05, 3.63) is 29.2 Å². The van der Waals surface area contributed by atoms with E-state index in [1.807, 2.05) is 0 Å². The largest absolute Gasteiger partial charge is 0.329 e. The summed E-state index contributed by atoms with van der Waals surface area (Å²) in [4.78, 5) is 0. The van der Waals surface area contributed by atoms with E-state index in [9.17, 15) is 0 Å². The van der Waals surface area contributed by atoms with Crippen LogP contribution in [0.3, 0.4) is 0 Å². The van der Waals surface area contributed by atoms with E-state index in [1.54, 1.807) is 0 Å². The number of hydrogen-bond acceptors (Lipinski definition) is 0. The van der Waals surface area contributed by atoms with Crippen molar-refractivity contribution in [1.82, 2.24) is 0 Å². The van der Waals surface area contributed by atoms with Crippen LogP contribution in [0.2, 0.25) is 0 Å². The Bertz CT molecular complexity index is 289. The van der Waals surface area contributed by atoms with E-state index in [0.29, 0.717) is 0 Å². The second-order valence-electron chi connectivity index (χ2n) is 4.98. The highest BCUT2D eigenvalue weighted by Gasteiger charge is 2.13. The monoisotopic (exact) mass is 235 g/mol. The van der Waals surface area contributed by atoms with Gasteiger partial charge in [-0.3, -0.25) is 0 Å². The molecule has 0 atom stereocenters. The van der Waals surface area contributed by atoms with E-state index in [2.05, 4.69) is 32.9 Å². The van der Waals surface area contributed by atoms with Gasteiger partial charge in [0.15, 0.2) is 0 Å². The van der Waals surface area contributed by atoms with Gasteiger partial charge in [-0.15, -0.1) is 0 Å². The molecule has 1 rings (SSSR count). The van der Waals surface area contributed by atoms with Crippen LogP contribution in [-0.4, -0.2) is 0 Å². The molecular weight excluding hydrogens is 208 g/mol. The fraction of sp³-hybridized carbons (Fsp3) is 0.688. The number of rotatable bonds is 8. The predicted octanol–water partition coefficient (Wildman–Crippen LogP) is 5.33. The second-order valence-corrected chi connectivity index (χ2v) is 4.98. The predicted molar refractivity (Wildman–Crippen MR) is 74.3 cm³/mol. The van der Waals surface area contributed by atoms with Gasteiger partial charge >= 0.3 is 11.5 Å². The fourth-order valence-corrected chi connectivity index (χ4v) is 2.12. The lowest BCUT2D eigenvalue weighted by atomic mass is 10.1. The Kier molecular flexibility index (Phi) is 6.91. The number of unbranched alkanes of at least 4 members (excludes halogenated alkanes) is 4. The third-order valence-corrected chi connectivity index (χ3v) is 3.09. The summed E-state index contributed by atoms with van der Waals surface area (Å²) in [6.45, 7) is 6.65. The molecule has 0 fully saturated rings. The van der Waals surface area contributed by atoms with Crippen LogP contribution in [0.5, 0.6) is 0 Å². The van der Waals surface area contributed by atoms with Crippen molar-refractivity contribution < 1.29 is 4.42 Å². The Morgan fingerprint density at radius 3 is 1.71 bits per heavy atom. The first-order chi connectivity index (χ1) is 8.26. The van der Waals surface area contributed by atoms with Gasteiger partial charge in [0.05, 0.1) is 12.8 Å². The Labute approximate surface area is 106 Å². The minimum atomic E-state index is 1.09. The smallest absolute Gasteiger partial charge is 0.218 e. The van der Waals surface area contributed by atoms with Crippen molar-refractivity contribution in [3.63, 3.8) is 0 Å². The molecule has 1 aromatic heterocycles. The first kappa shape index (κ1) is 14.2. The standard InChI is InChI=1S/C16H27O/c1-4-6-8-10-15-12-14(3)13-16(17-15)11-9-7-5-2/h12-13H,4-11H2,1-3H3/q+1. The first-order valence-electron chi connectivity index (χ1n) is 7.18. The average molecular weight is 235 g/mol. The average Bonchev–Trinajstić information content (AvgIpc) is 2.29. The van der Waals surface area contributed by atoms with Crippen molar-refractivity contribution in [2.75, 3.05) is 0 Å². The van der Waals surface area contributed by atoms with Crippen LogP contribution in [0.25, 0.3) is 0 Å². The summed E-state index contributed by atoms with van der Waals surface area (Å²) in [5.41, 5.74) is 1.34. The Hall–Kier alpha value is -0.850. The molecule has 0 radical (unpaired) electrons. The molecule has 0 amide bonds. The van der Waals surface area contributed by atoms with Gasteiger partial charge in [-0.2, -0.15) is 0 Å². The lowest BCUT2D eigenvalue weighted by molar-refractivity contribution is 0.431. The summed E-state index contributed by atoms with van der Waals surface area (Å²) >= 11 is 0. The van der Waals surface area contributed by atoms with Gasteiger partial charge in [-0.05, 0) is 25.3 Å². The van der Waals surface area contributed by atoms with E-state index in [0.717, 1.165) is 12.8 Å². The minimum Gasteiger partial charge on any atom is -0.218 e. The molecular formula is C16H27O+. The molecule has 0 aliphatic rings. The molecule has 0 spiro atoms. The van der Waals surface area contributed by atoms with E-state index >= 15 is 0 Å². The van der Waals surface area contributed by atoms with Crippen LogP contribution in [0.4, 0.5) is 0 Å². The van der Waals surface area contributed by atoms with Crippen LogP contribution < -0.4 is 0 Å². The quantitative estimate of drug-likeness (QED) is 0.437. The normalized spacial score (nSPS) is 10.8. The van der Waals surface area contributed by atoms with Crippen LogP contribution in [0, 0.1) is 6.92 Å². The highest BCUT2D eigenvalue weighted by molar-refractivity contribution is 5.16. The van der Waals surface area contributed by atoms with Gasteiger partial charge in [-0.25, -0.2) is 4.42 Å². The van der Waals surface area contributed by atoms with E-state index in [1.165, 1.54) is 55.6 Å². The fourth-order valence-electron chi connectivity index (χ4n) is 2.12. The van der Waals surface area contributed by atoms with Crippen LogP contribution in [0.15, 0.2) is 16.5 Å². The molecule has 0 unspecified atom stereocenters.